The van der Waals surface area contributed by atoms with E-state index in [2.05, 4.69) is 20.4 Å². The van der Waals surface area contributed by atoms with Crippen LogP contribution in [-0.4, -0.2) is 71.1 Å². The molecule has 1 saturated heterocycles. The smallest absolute Gasteiger partial charge is 0.274 e. The molecule has 0 aliphatic carbocycles. The highest BCUT2D eigenvalue weighted by Crippen LogP contribution is 2.08. The quantitative estimate of drug-likeness (QED) is 0.782. The van der Waals surface area contributed by atoms with E-state index < -0.39 is 0 Å². The lowest BCUT2D eigenvalue weighted by molar-refractivity contribution is 0.0631. The van der Waals surface area contributed by atoms with Gasteiger partial charge in [-0.15, -0.1) is 11.3 Å². The van der Waals surface area contributed by atoms with Gasteiger partial charge in [-0.05, 0) is 17.5 Å². The summed E-state index contributed by atoms with van der Waals surface area (Å²) >= 11 is 1.42. The maximum atomic E-state index is 12.3. The van der Waals surface area contributed by atoms with Crippen LogP contribution in [-0.2, 0) is 0 Å². The number of amides is 2. The zero-order valence-electron chi connectivity index (χ0n) is 13.6. The van der Waals surface area contributed by atoms with Gasteiger partial charge < -0.3 is 10.2 Å². The molecule has 2 aromatic rings. The molecule has 3 rings (SSSR count). The lowest BCUT2D eigenvalue weighted by atomic mass is 10.2. The first-order valence-electron chi connectivity index (χ1n) is 8.02. The van der Waals surface area contributed by atoms with E-state index in [0.717, 1.165) is 19.6 Å². The SMILES string of the molecule is O=C(NCCN1CCN(C(=O)c2ccc(=O)[nH]n2)CC1)c1cccs1. The van der Waals surface area contributed by atoms with Gasteiger partial charge in [0.15, 0.2) is 0 Å². The number of hydrogen-bond acceptors (Lipinski definition) is 6. The Balaban J connectivity index is 1.41. The van der Waals surface area contributed by atoms with Crippen molar-refractivity contribution in [2.45, 2.75) is 0 Å². The minimum Gasteiger partial charge on any atom is -0.350 e. The molecular formula is C16H19N5O3S. The predicted octanol–water partition coefficient (Wildman–Crippen LogP) is 0.0192. The molecule has 1 fully saturated rings. The van der Waals surface area contributed by atoms with E-state index in [1.54, 1.807) is 11.0 Å². The summed E-state index contributed by atoms with van der Waals surface area (Å²) in [4.78, 5) is 39.8. The summed E-state index contributed by atoms with van der Waals surface area (Å²) in [5.74, 6) is -0.227. The van der Waals surface area contributed by atoms with Gasteiger partial charge in [-0.25, -0.2) is 5.10 Å². The van der Waals surface area contributed by atoms with E-state index >= 15 is 0 Å². The monoisotopic (exact) mass is 361 g/mol. The highest BCUT2D eigenvalue weighted by Gasteiger charge is 2.23. The third-order valence-electron chi connectivity index (χ3n) is 4.02. The number of rotatable bonds is 5. The first-order chi connectivity index (χ1) is 12.1. The molecule has 2 aromatic heterocycles. The number of nitrogens with one attached hydrogen (secondary N) is 2. The molecule has 8 nitrogen and oxygen atoms in total. The number of carbonyl (C=O) groups excluding carboxylic acids is 2. The summed E-state index contributed by atoms with van der Waals surface area (Å²) in [6, 6.07) is 6.39. The average Bonchev–Trinajstić information content (AvgIpc) is 3.17. The molecule has 0 spiro atoms. The number of thiophene rings is 1. The molecule has 2 amide bonds. The van der Waals surface area contributed by atoms with Crippen LogP contribution >= 0.6 is 11.3 Å². The number of hydrogen-bond donors (Lipinski definition) is 2. The van der Waals surface area contributed by atoms with Gasteiger partial charge in [-0.3, -0.25) is 19.3 Å². The Morgan fingerprint density at radius 2 is 2.00 bits per heavy atom. The van der Waals surface area contributed by atoms with Crippen molar-refractivity contribution in [1.29, 1.82) is 0 Å². The maximum absolute atomic E-state index is 12.3. The Hall–Kier alpha value is -2.52. The van der Waals surface area contributed by atoms with Gasteiger partial charge in [-0.2, -0.15) is 5.10 Å². The van der Waals surface area contributed by atoms with Crippen LogP contribution in [0.4, 0.5) is 0 Å². The van der Waals surface area contributed by atoms with E-state index in [1.165, 1.54) is 23.5 Å². The van der Waals surface area contributed by atoms with Gasteiger partial charge in [0.25, 0.3) is 17.4 Å². The molecular weight excluding hydrogens is 342 g/mol. The Morgan fingerprint density at radius 3 is 2.64 bits per heavy atom. The van der Waals surface area contributed by atoms with Crippen LogP contribution in [0, 0.1) is 0 Å². The van der Waals surface area contributed by atoms with Gasteiger partial charge in [0.2, 0.25) is 0 Å². The van der Waals surface area contributed by atoms with Gasteiger partial charge in [-0.1, -0.05) is 6.07 Å². The van der Waals surface area contributed by atoms with Crippen molar-refractivity contribution >= 4 is 23.2 Å². The van der Waals surface area contributed by atoms with Crippen molar-refractivity contribution in [2.24, 2.45) is 0 Å². The summed E-state index contributed by atoms with van der Waals surface area (Å²) in [6.45, 7) is 3.99. The van der Waals surface area contributed by atoms with Crippen LogP contribution in [0.2, 0.25) is 0 Å². The van der Waals surface area contributed by atoms with Crippen molar-refractivity contribution in [1.82, 2.24) is 25.3 Å². The molecule has 0 aromatic carbocycles. The highest BCUT2D eigenvalue weighted by molar-refractivity contribution is 7.12. The zero-order valence-corrected chi connectivity index (χ0v) is 14.4. The van der Waals surface area contributed by atoms with Gasteiger partial charge in [0.1, 0.15) is 5.69 Å². The lowest BCUT2D eigenvalue weighted by Gasteiger charge is -2.34. The van der Waals surface area contributed by atoms with Crippen molar-refractivity contribution < 1.29 is 9.59 Å². The summed E-state index contributed by atoms with van der Waals surface area (Å²) in [6.07, 6.45) is 0. The molecule has 0 bridgehead atoms. The van der Waals surface area contributed by atoms with Crippen LogP contribution in [0.15, 0.2) is 34.4 Å². The Labute approximate surface area is 148 Å². The van der Waals surface area contributed by atoms with E-state index in [9.17, 15) is 14.4 Å². The second kappa shape index (κ2) is 8.04. The maximum Gasteiger partial charge on any atom is 0.274 e. The third kappa shape index (κ3) is 4.52. The number of carbonyl (C=O) groups is 2. The fourth-order valence-electron chi connectivity index (χ4n) is 2.62. The molecule has 1 aliphatic rings. The van der Waals surface area contributed by atoms with Crippen LogP contribution < -0.4 is 10.9 Å². The summed E-state index contributed by atoms with van der Waals surface area (Å²) in [5, 5.41) is 10.8. The van der Waals surface area contributed by atoms with Crippen LogP contribution in [0.3, 0.4) is 0 Å². The first kappa shape index (κ1) is 17.3. The minimum absolute atomic E-state index is 0.0482. The van der Waals surface area contributed by atoms with Gasteiger partial charge in [0, 0.05) is 45.3 Å². The molecule has 25 heavy (non-hydrogen) atoms. The van der Waals surface area contributed by atoms with E-state index in [4.69, 9.17) is 0 Å². The molecule has 0 radical (unpaired) electrons. The minimum atomic E-state index is -0.328. The molecule has 2 N–H and O–H groups in total. The van der Waals surface area contributed by atoms with E-state index in [0.29, 0.717) is 24.5 Å². The van der Waals surface area contributed by atoms with Crippen molar-refractivity contribution in [2.75, 3.05) is 39.3 Å². The van der Waals surface area contributed by atoms with E-state index in [-0.39, 0.29) is 23.1 Å². The van der Waals surface area contributed by atoms with Crippen molar-refractivity contribution in [3.63, 3.8) is 0 Å². The second-order valence-corrected chi connectivity index (χ2v) is 6.62. The lowest BCUT2D eigenvalue weighted by Crippen LogP contribution is -2.50. The largest absolute Gasteiger partial charge is 0.350 e. The second-order valence-electron chi connectivity index (χ2n) is 5.67. The van der Waals surface area contributed by atoms with E-state index in [1.807, 2.05) is 11.4 Å². The molecule has 0 atom stereocenters. The molecule has 3 heterocycles. The molecule has 0 saturated carbocycles. The number of piperazine rings is 1. The zero-order chi connectivity index (χ0) is 17.6. The van der Waals surface area contributed by atoms with Gasteiger partial charge in [0.05, 0.1) is 4.88 Å². The summed E-state index contributed by atoms with van der Waals surface area (Å²) in [5.41, 5.74) is -0.0813. The number of aromatic nitrogens is 2. The number of aromatic amines is 1. The van der Waals surface area contributed by atoms with Crippen LogP contribution in [0.5, 0.6) is 0 Å². The predicted molar refractivity (Wildman–Crippen MR) is 93.9 cm³/mol. The summed E-state index contributed by atoms with van der Waals surface area (Å²) < 4.78 is 0. The third-order valence-corrected chi connectivity index (χ3v) is 4.88. The first-order valence-corrected chi connectivity index (χ1v) is 8.90. The summed E-state index contributed by atoms with van der Waals surface area (Å²) in [7, 11) is 0. The number of H-pyrrole nitrogens is 1. The molecule has 9 heteroatoms. The average molecular weight is 361 g/mol. The fourth-order valence-corrected chi connectivity index (χ4v) is 3.26. The molecule has 1 aliphatic heterocycles. The van der Waals surface area contributed by atoms with Crippen molar-refractivity contribution in [3.8, 4) is 0 Å². The highest BCUT2D eigenvalue weighted by atomic mass is 32.1. The standard InChI is InChI=1S/C16H19N5O3S/c22-14-4-3-12(18-19-14)16(24)21-9-7-20(8-10-21)6-5-17-15(23)13-2-1-11-25-13/h1-4,11H,5-10H2,(H,17,23)(H,19,22). The Kier molecular flexibility index (Phi) is 5.56. The topological polar surface area (TPSA) is 98.4 Å². The van der Waals surface area contributed by atoms with Crippen LogP contribution in [0.25, 0.3) is 0 Å². The molecule has 132 valence electrons. The fraction of sp³-hybridized carbons (Fsp3) is 0.375. The van der Waals surface area contributed by atoms with Crippen LogP contribution in [0.1, 0.15) is 20.2 Å². The number of nitrogens with zero attached hydrogens (tertiary/aromatic N) is 3. The van der Waals surface area contributed by atoms with Crippen molar-refractivity contribution in [3.05, 3.63) is 50.6 Å². The van der Waals surface area contributed by atoms with Gasteiger partial charge >= 0.3 is 0 Å². The Morgan fingerprint density at radius 1 is 1.20 bits per heavy atom. The molecule has 0 unspecified atom stereocenters. The normalized spacial score (nSPS) is 15.1. The Bertz CT molecular complexity index is 761.